The number of aromatic nitrogens is 2. The van der Waals surface area contributed by atoms with Crippen molar-refractivity contribution in [2.45, 2.75) is 26.9 Å². The zero-order valence-corrected chi connectivity index (χ0v) is 17.9. The molecule has 0 bridgehead atoms. The van der Waals surface area contributed by atoms with E-state index in [0.717, 1.165) is 10.0 Å². The topological polar surface area (TPSA) is 94.6 Å². The quantitative estimate of drug-likeness (QED) is 0.523. The Labute approximate surface area is 175 Å². The summed E-state index contributed by atoms with van der Waals surface area (Å²) in [6.45, 7) is 3.57. The fraction of sp³-hybridized carbons (Fsp3) is 0.300. The third-order valence-electron chi connectivity index (χ3n) is 4.43. The molecule has 0 saturated heterocycles. The molecule has 3 rings (SSSR count). The number of fused-ring (bicyclic) bond motifs is 1. The first-order chi connectivity index (χ1) is 13.8. The molecule has 9 heteroatoms. The van der Waals surface area contributed by atoms with Crippen LogP contribution in [0.1, 0.15) is 28.6 Å². The number of carbonyl (C=O) groups excluding carboxylic acids is 2. The number of benzene rings is 1. The lowest BCUT2D eigenvalue weighted by atomic mass is 10.2. The van der Waals surface area contributed by atoms with Crippen LogP contribution in [0.15, 0.2) is 44.3 Å². The fourth-order valence-electron chi connectivity index (χ4n) is 2.94. The molecule has 8 nitrogen and oxygen atoms in total. The minimum absolute atomic E-state index is 0.0182. The molecule has 0 aliphatic carbocycles. The van der Waals surface area contributed by atoms with E-state index < -0.39 is 11.5 Å². The highest BCUT2D eigenvalue weighted by Crippen LogP contribution is 2.22. The van der Waals surface area contributed by atoms with Crippen molar-refractivity contribution in [1.82, 2.24) is 14.5 Å². The van der Waals surface area contributed by atoms with Gasteiger partial charge < -0.3 is 14.1 Å². The molecular formula is C20H20BrN3O5. The van der Waals surface area contributed by atoms with Crippen LogP contribution in [0.3, 0.4) is 0 Å². The van der Waals surface area contributed by atoms with Gasteiger partial charge >= 0.3 is 5.97 Å². The lowest BCUT2D eigenvalue weighted by molar-refractivity contribution is -0.131. The molecule has 3 aromatic rings. The Balaban J connectivity index is 1.88. The van der Waals surface area contributed by atoms with Gasteiger partial charge in [-0.05, 0) is 25.5 Å². The van der Waals surface area contributed by atoms with Crippen LogP contribution in [-0.2, 0) is 22.6 Å². The molecule has 0 unspecified atom stereocenters. The highest BCUT2D eigenvalue weighted by molar-refractivity contribution is 9.10. The summed E-state index contributed by atoms with van der Waals surface area (Å²) in [6.07, 6.45) is 1.24. The fourth-order valence-corrected chi connectivity index (χ4v) is 3.35. The molecule has 29 heavy (non-hydrogen) atoms. The van der Waals surface area contributed by atoms with Crippen molar-refractivity contribution >= 4 is 38.9 Å². The Hall–Kier alpha value is -2.94. The van der Waals surface area contributed by atoms with Gasteiger partial charge in [-0.3, -0.25) is 14.2 Å². The number of likely N-dealkylation sites (N-methyl/N-ethyl adjacent to an activating group) is 1. The highest BCUT2D eigenvalue weighted by Gasteiger charge is 2.24. The van der Waals surface area contributed by atoms with Gasteiger partial charge in [0.25, 0.3) is 5.56 Å². The van der Waals surface area contributed by atoms with Crippen LogP contribution in [0.25, 0.3) is 11.1 Å². The third-order valence-corrected chi connectivity index (χ3v) is 5.20. The summed E-state index contributed by atoms with van der Waals surface area (Å²) in [5.41, 5.74) is 0.500. The number of rotatable bonds is 6. The van der Waals surface area contributed by atoms with Crippen LogP contribution in [0.2, 0.25) is 0 Å². The van der Waals surface area contributed by atoms with Crippen molar-refractivity contribution in [2.75, 3.05) is 13.7 Å². The van der Waals surface area contributed by atoms with Crippen molar-refractivity contribution in [3.8, 4) is 0 Å². The smallest absolute Gasteiger partial charge is 0.342 e. The maximum absolute atomic E-state index is 12.9. The molecule has 0 N–H and O–H groups in total. The molecule has 1 amide bonds. The van der Waals surface area contributed by atoms with Crippen molar-refractivity contribution in [3.63, 3.8) is 0 Å². The summed E-state index contributed by atoms with van der Waals surface area (Å²) < 4.78 is 12.5. The second-order valence-electron chi connectivity index (χ2n) is 6.45. The van der Waals surface area contributed by atoms with Gasteiger partial charge in [-0.1, -0.05) is 34.1 Å². The van der Waals surface area contributed by atoms with E-state index >= 15 is 0 Å². The van der Waals surface area contributed by atoms with E-state index in [-0.39, 0.29) is 41.5 Å². The van der Waals surface area contributed by atoms with Crippen molar-refractivity contribution in [1.29, 1.82) is 0 Å². The van der Waals surface area contributed by atoms with Crippen molar-refractivity contribution in [2.24, 2.45) is 0 Å². The van der Waals surface area contributed by atoms with E-state index in [0.29, 0.717) is 6.54 Å². The number of carbonyl (C=O) groups is 2. The maximum Gasteiger partial charge on any atom is 0.342 e. The second-order valence-corrected chi connectivity index (χ2v) is 7.31. The van der Waals surface area contributed by atoms with E-state index in [1.165, 1.54) is 15.8 Å². The Morgan fingerprint density at radius 1 is 1.31 bits per heavy atom. The second kappa shape index (κ2) is 8.60. The number of halogens is 1. The summed E-state index contributed by atoms with van der Waals surface area (Å²) in [6, 6.07) is 7.59. The molecule has 0 aliphatic heterocycles. The Kier molecular flexibility index (Phi) is 6.17. The third kappa shape index (κ3) is 4.24. The first-order valence-corrected chi connectivity index (χ1v) is 9.75. The number of nitrogens with zero attached hydrogens (tertiary/aromatic N) is 3. The number of esters is 1. The van der Waals surface area contributed by atoms with E-state index in [1.54, 1.807) is 20.9 Å². The summed E-state index contributed by atoms with van der Waals surface area (Å²) in [4.78, 5) is 43.4. The minimum Gasteiger partial charge on any atom is -0.462 e. The van der Waals surface area contributed by atoms with Crippen molar-refractivity contribution < 1.29 is 18.7 Å². The van der Waals surface area contributed by atoms with Gasteiger partial charge in [0.15, 0.2) is 0 Å². The number of hydrogen-bond donors (Lipinski definition) is 0. The zero-order valence-electron chi connectivity index (χ0n) is 16.3. The van der Waals surface area contributed by atoms with Gasteiger partial charge in [-0.2, -0.15) is 0 Å². The Bertz CT molecular complexity index is 1130. The molecule has 0 radical (unpaired) electrons. The summed E-state index contributed by atoms with van der Waals surface area (Å²) in [5, 5.41) is 0.0182. The number of aryl methyl sites for hydroxylation is 1. The lowest BCUT2D eigenvalue weighted by Crippen LogP contribution is -2.34. The average molecular weight is 462 g/mol. The number of hydrogen-bond acceptors (Lipinski definition) is 6. The molecule has 0 aliphatic rings. The molecule has 1 aromatic carbocycles. The maximum atomic E-state index is 12.9. The van der Waals surface area contributed by atoms with Gasteiger partial charge in [0.05, 0.1) is 6.61 Å². The number of ether oxygens (including phenoxy) is 1. The zero-order chi connectivity index (χ0) is 21.1. The largest absolute Gasteiger partial charge is 0.462 e. The van der Waals surface area contributed by atoms with Gasteiger partial charge in [0, 0.05) is 18.1 Å². The van der Waals surface area contributed by atoms with Crippen LogP contribution >= 0.6 is 15.9 Å². The predicted molar refractivity (Wildman–Crippen MR) is 110 cm³/mol. The summed E-state index contributed by atoms with van der Waals surface area (Å²) in [7, 11) is 1.66. The van der Waals surface area contributed by atoms with Gasteiger partial charge in [0.1, 0.15) is 29.6 Å². The van der Waals surface area contributed by atoms with Gasteiger partial charge in [0.2, 0.25) is 11.6 Å². The molecule has 0 saturated carbocycles. The monoisotopic (exact) mass is 461 g/mol. The molecular weight excluding hydrogens is 442 g/mol. The van der Waals surface area contributed by atoms with Crippen LogP contribution in [0.4, 0.5) is 0 Å². The summed E-state index contributed by atoms with van der Waals surface area (Å²) >= 11 is 3.46. The number of amides is 1. The first kappa shape index (κ1) is 20.8. The SMILES string of the molecule is CCOC(=O)c1c(C)oc2ncn(CC(=O)N(C)Cc3ccccc3Br)c(=O)c12. The van der Waals surface area contributed by atoms with Crippen LogP contribution in [-0.4, -0.2) is 40.0 Å². The van der Waals surface area contributed by atoms with E-state index in [2.05, 4.69) is 20.9 Å². The van der Waals surface area contributed by atoms with E-state index in [4.69, 9.17) is 9.15 Å². The van der Waals surface area contributed by atoms with E-state index in [9.17, 15) is 14.4 Å². The lowest BCUT2D eigenvalue weighted by Gasteiger charge is -2.18. The van der Waals surface area contributed by atoms with Crippen LogP contribution in [0.5, 0.6) is 0 Å². The first-order valence-electron chi connectivity index (χ1n) is 8.96. The molecule has 152 valence electrons. The normalized spacial score (nSPS) is 10.9. The minimum atomic E-state index is -0.655. The molecule has 2 heterocycles. The highest BCUT2D eigenvalue weighted by atomic mass is 79.9. The van der Waals surface area contributed by atoms with Crippen molar-refractivity contribution in [3.05, 3.63) is 62.3 Å². The molecule has 0 spiro atoms. The standard InChI is InChI=1S/C20H20BrN3O5/c1-4-28-20(27)16-12(2)29-18-17(16)19(26)24(11-22-18)10-15(25)23(3)9-13-7-5-6-8-14(13)21/h5-8,11H,4,9-10H2,1-3H3. The molecule has 2 aromatic heterocycles. The van der Waals surface area contributed by atoms with Gasteiger partial charge in [-0.25, -0.2) is 9.78 Å². The molecule has 0 atom stereocenters. The van der Waals surface area contributed by atoms with E-state index in [1.807, 2.05) is 24.3 Å². The van der Waals surface area contributed by atoms with Gasteiger partial charge in [-0.15, -0.1) is 0 Å². The average Bonchev–Trinajstić information content (AvgIpc) is 3.02. The Morgan fingerprint density at radius 2 is 2.03 bits per heavy atom. The Morgan fingerprint density at radius 3 is 2.72 bits per heavy atom. The molecule has 0 fully saturated rings. The number of furan rings is 1. The predicted octanol–water partition coefficient (Wildman–Crippen LogP) is 2.90. The van der Waals surface area contributed by atoms with Crippen LogP contribution < -0.4 is 5.56 Å². The van der Waals surface area contributed by atoms with Crippen LogP contribution in [0, 0.1) is 6.92 Å². The summed E-state index contributed by atoms with van der Waals surface area (Å²) in [5.74, 6) is -0.683.